The second-order valence-electron chi connectivity index (χ2n) is 12.6. The van der Waals surface area contributed by atoms with E-state index in [1.165, 1.54) is 112 Å². The molecular weight excluding hydrogens is 578 g/mol. The molecular formula is C42H69N3O2. The Balaban J connectivity index is 0.00000119. The molecule has 1 fully saturated rings. The van der Waals surface area contributed by atoms with Crippen LogP contribution in [0.2, 0.25) is 0 Å². The number of carbonyl (C=O) groups excluding carboxylic acids is 2. The fourth-order valence-electron chi connectivity index (χ4n) is 5.46. The first-order valence-electron chi connectivity index (χ1n) is 18.4. The van der Waals surface area contributed by atoms with Gasteiger partial charge in [-0.15, -0.1) is 0 Å². The number of benzene rings is 2. The van der Waals surface area contributed by atoms with Crippen LogP contribution in [0.25, 0.3) is 5.70 Å². The zero-order valence-electron chi connectivity index (χ0n) is 31.8. The summed E-state index contributed by atoms with van der Waals surface area (Å²) >= 11 is 0. The van der Waals surface area contributed by atoms with Gasteiger partial charge >= 0.3 is 0 Å². The smallest absolute Gasteiger partial charge is 0.126 e. The number of aryl methyl sites for hydroxylation is 2. The fraction of sp³-hybridized carbons (Fsp3) is 0.571. The summed E-state index contributed by atoms with van der Waals surface area (Å²) in [5.74, 6) is 1.82. The molecule has 0 aromatic heterocycles. The van der Waals surface area contributed by atoms with E-state index in [9.17, 15) is 4.79 Å². The first-order chi connectivity index (χ1) is 22.7. The van der Waals surface area contributed by atoms with E-state index < -0.39 is 0 Å². The summed E-state index contributed by atoms with van der Waals surface area (Å²) in [6, 6.07) is 13.4. The second-order valence-corrected chi connectivity index (χ2v) is 12.6. The first kappa shape index (κ1) is 43.7. The number of rotatable bonds is 13. The standard InChI is InChI=1S/C29H39N3.C7H16.C3H6O.C2H6.CH2O/c1-4-6-7-8-14-25-22(5-2)11-10-15-28(25)30-24-17-16-21(3)26(20-24)29-19-18-27(31-32-29)23-12-9-13-23;1-4-6-7(3)5-2;1-3(2)4;2*1-2/h10-11,15-20,23,30-32H,4-9,12-14H2,1-3H3;7H,4-6H2,1-3H3;1-2H3;1-2H3;1H2. The molecule has 2 aromatic carbocycles. The summed E-state index contributed by atoms with van der Waals surface area (Å²) in [5.41, 5.74) is 17.2. The molecule has 1 aliphatic carbocycles. The SMILES string of the molecule is C=O.CC.CC(C)=O.CCCC(C)CC.CCCCCCc1c(CC)cccc1Nc1ccc(C)c(C2=CC=C(C3CCC3)NN2)c1. The first-order valence-corrected chi connectivity index (χ1v) is 18.4. The maximum atomic E-state index is 9.44. The summed E-state index contributed by atoms with van der Waals surface area (Å²) in [4.78, 5) is 17.4. The van der Waals surface area contributed by atoms with Crippen LogP contribution in [0.3, 0.4) is 0 Å². The van der Waals surface area contributed by atoms with Gasteiger partial charge in [0.1, 0.15) is 12.6 Å². The van der Waals surface area contributed by atoms with Crippen molar-refractivity contribution in [3.05, 3.63) is 76.5 Å². The lowest BCUT2D eigenvalue weighted by Crippen LogP contribution is -2.36. The van der Waals surface area contributed by atoms with Crippen LogP contribution in [0.4, 0.5) is 11.4 Å². The third kappa shape index (κ3) is 16.9. The molecule has 2 aliphatic rings. The molecule has 3 N–H and O–H groups in total. The number of nitrogens with one attached hydrogen (secondary N) is 3. The van der Waals surface area contributed by atoms with Gasteiger partial charge in [-0.25, -0.2) is 0 Å². The summed E-state index contributed by atoms with van der Waals surface area (Å²) in [7, 11) is 0. The van der Waals surface area contributed by atoms with Crippen LogP contribution in [0.1, 0.15) is 149 Å². The van der Waals surface area contributed by atoms with E-state index in [0.29, 0.717) is 5.92 Å². The van der Waals surface area contributed by atoms with E-state index in [4.69, 9.17) is 4.79 Å². The Kier molecular flexibility index (Phi) is 24.8. The molecule has 0 radical (unpaired) electrons. The Morgan fingerprint density at radius 2 is 1.62 bits per heavy atom. The highest BCUT2D eigenvalue weighted by Crippen LogP contribution is 2.34. The van der Waals surface area contributed by atoms with Crippen molar-refractivity contribution in [1.29, 1.82) is 0 Å². The highest BCUT2D eigenvalue weighted by atomic mass is 16.1. The van der Waals surface area contributed by atoms with Crippen molar-refractivity contribution < 1.29 is 9.59 Å². The number of allylic oxidation sites excluding steroid dienone is 3. The molecule has 0 saturated heterocycles. The van der Waals surface area contributed by atoms with Crippen molar-refractivity contribution in [2.24, 2.45) is 11.8 Å². The maximum Gasteiger partial charge on any atom is 0.126 e. The second kappa shape index (κ2) is 26.7. The van der Waals surface area contributed by atoms with E-state index >= 15 is 0 Å². The number of ketones is 1. The summed E-state index contributed by atoms with van der Waals surface area (Å²) in [5, 5.41) is 3.75. The minimum Gasteiger partial charge on any atom is -0.355 e. The molecule has 1 aliphatic heterocycles. The van der Waals surface area contributed by atoms with Crippen molar-refractivity contribution in [2.75, 3.05) is 5.32 Å². The van der Waals surface area contributed by atoms with E-state index in [0.717, 1.165) is 30.1 Å². The molecule has 0 spiro atoms. The van der Waals surface area contributed by atoms with Gasteiger partial charge in [-0.3, -0.25) is 0 Å². The van der Waals surface area contributed by atoms with Gasteiger partial charge in [0.25, 0.3) is 0 Å². The van der Waals surface area contributed by atoms with Crippen molar-refractivity contribution in [2.45, 2.75) is 146 Å². The van der Waals surface area contributed by atoms with Crippen molar-refractivity contribution in [1.82, 2.24) is 10.9 Å². The Morgan fingerprint density at radius 3 is 2.11 bits per heavy atom. The topological polar surface area (TPSA) is 70.2 Å². The molecule has 1 unspecified atom stereocenters. The number of hydrogen-bond donors (Lipinski definition) is 3. The Morgan fingerprint density at radius 1 is 0.936 bits per heavy atom. The molecule has 5 nitrogen and oxygen atoms in total. The molecule has 0 amide bonds. The zero-order valence-corrected chi connectivity index (χ0v) is 31.8. The number of carbonyl (C=O) groups is 2. The van der Waals surface area contributed by atoms with Crippen LogP contribution in [-0.2, 0) is 22.4 Å². The number of anilines is 2. The highest BCUT2D eigenvalue weighted by Gasteiger charge is 2.23. The van der Waals surface area contributed by atoms with Gasteiger partial charge in [-0.1, -0.05) is 112 Å². The molecule has 4 rings (SSSR count). The number of unbranched alkanes of at least 4 members (excludes halogenated alkanes) is 3. The molecule has 47 heavy (non-hydrogen) atoms. The molecule has 264 valence electrons. The molecule has 5 heteroatoms. The predicted octanol–water partition coefficient (Wildman–Crippen LogP) is 11.8. The Bertz CT molecular complexity index is 1190. The van der Waals surface area contributed by atoms with Crippen LogP contribution in [-0.4, -0.2) is 12.6 Å². The van der Waals surface area contributed by atoms with Crippen LogP contribution >= 0.6 is 0 Å². The van der Waals surface area contributed by atoms with Crippen LogP contribution < -0.4 is 16.2 Å². The van der Waals surface area contributed by atoms with Gasteiger partial charge in [-0.2, -0.15) is 0 Å². The summed E-state index contributed by atoms with van der Waals surface area (Å²) < 4.78 is 0. The van der Waals surface area contributed by atoms with Crippen molar-refractivity contribution >= 4 is 29.6 Å². The number of Topliss-reactive ketones (excluding diaryl/α,β-unsaturated/α-hetero) is 1. The monoisotopic (exact) mass is 648 g/mol. The van der Waals surface area contributed by atoms with Crippen molar-refractivity contribution in [3.8, 4) is 0 Å². The summed E-state index contributed by atoms with van der Waals surface area (Å²) in [6.07, 6.45) is 19.9. The average Bonchev–Trinajstić information content (AvgIpc) is 3.06. The molecule has 1 heterocycles. The lowest BCUT2D eigenvalue weighted by molar-refractivity contribution is -0.115. The van der Waals surface area contributed by atoms with Crippen LogP contribution in [0.5, 0.6) is 0 Å². The van der Waals surface area contributed by atoms with E-state index in [2.05, 4.69) is 106 Å². The minimum atomic E-state index is 0.167. The lowest BCUT2D eigenvalue weighted by Gasteiger charge is -2.31. The van der Waals surface area contributed by atoms with Gasteiger partial charge in [0.05, 0.1) is 5.70 Å². The third-order valence-electron chi connectivity index (χ3n) is 8.54. The van der Waals surface area contributed by atoms with E-state index in [1.54, 1.807) is 0 Å². The normalized spacial score (nSPS) is 13.7. The van der Waals surface area contributed by atoms with Gasteiger partial charge in [0.15, 0.2) is 0 Å². The number of hydrogen-bond acceptors (Lipinski definition) is 5. The average molecular weight is 648 g/mol. The third-order valence-corrected chi connectivity index (χ3v) is 8.54. The van der Waals surface area contributed by atoms with E-state index in [-0.39, 0.29) is 5.78 Å². The fourth-order valence-corrected chi connectivity index (χ4v) is 5.46. The van der Waals surface area contributed by atoms with Crippen molar-refractivity contribution in [3.63, 3.8) is 0 Å². The number of hydrazine groups is 1. The summed E-state index contributed by atoms with van der Waals surface area (Å²) in [6.45, 7) is 22.6. The minimum absolute atomic E-state index is 0.167. The molecule has 2 aromatic rings. The lowest BCUT2D eigenvalue weighted by atomic mass is 9.82. The highest BCUT2D eigenvalue weighted by molar-refractivity contribution is 5.74. The van der Waals surface area contributed by atoms with Gasteiger partial charge in [-0.05, 0) is 106 Å². The quantitative estimate of drug-likeness (QED) is 0.189. The molecule has 0 bridgehead atoms. The van der Waals surface area contributed by atoms with Gasteiger partial charge in [0.2, 0.25) is 0 Å². The zero-order chi connectivity index (χ0) is 35.6. The Labute approximate surface area is 289 Å². The van der Waals surface area contributed by atoms with E-state index in [1.807, 2.05) is 20.6 Å². The predicted molar refractivity (Wildman–Crippen MR) is 207 cm³/mol. The van der Waals surface area contributed by atoms with Gasteiger partial charge < -0.3 is 25.8 Å². The molecule has 1 atom stereocenters. The largest absolute Gasteiger partial charge is 0.355 e. The molecule has 1 saturated carbocycles. The van der Waals surface area contributed by atoms with Crippen LogP contribution in [0, 0.1) is 18.8 Å². The van der Waals surface area contributed by atoms with Crippen LogP contribution in [0.15, 0.2) is 54.2 Å². The van der Waals surface area contributed by atoms with Gasteiger partial charge in [0, 0.05) is 28.6 Å². The maximum absolute atomic E-state index is 9.44. The Hall–Kier alpha value is -3.34.